The predicted molar refractivity (Wildman–Crippen MR) is 59.6 cm³/mol. The third-order valence-electron chi connectivity index (χ3n) is 2.21. The van der Waals surface area contributed by atoms with Crippen LogP contribution in [0.5, 0.6) is 0 Å². The number of nitriles is 1. The number of methoxy groups -OCH3 is 1. The molecule has 0 aromatic rings. The zero-order valence-corrected chi connectivity index (χ0v) is 10.0. The van der Waals surface area contributed by atoms with E-state index in [1.54, 1.807) is 7.11 Å². The summed E-state index contributed by atoms with van der Waals surface area (Å²) < 4.78 is 10.2. The third kappa shape index (κ3) is 7.32. The highest BCUT2D eigenvalue weighted by Gasteiger charge is 2.21. The van der Waals surface area contributed by atoms with Crippen molar-refractivity contribution in [3.63, 3.8) is 0 Å². The zero-order valence-electron chi connectivity index (χ0n) is 10.0. The summed E-state index contributed by atoms with van der Waals surface area (Å²) in [5, 5.41) is 12.2. The van der Waals surface area contributed by atoms with Crippen molar-refractivity contribution in [2.75, 3.05) is 33.5 Å². The largest absolute Gasteiger partial charge is 0.382 e. The highest BCUT2D eigenvalue weighted by molar-refractivity contribution is 5.03. The molecular weight excluding hydrogens is 192 g/mol. The van der Waals surface area contributed by atoms with Gasteiger partial charge >= 0.3 is 0 Å². The van der Waals surface area contributed by atoms with Crippen molar-refractivity contribution in [2.24, 2.45) is 0 Å². The molecule has 4 heteroatoms. The fourth-order valence-electron chi connectivity index (χ4n) is 1.35. The molecule has 0 spiro atoms. The molecule has 0 aliphatic heterocycles. The van der Waals surface area contributed by atoms with Gasteiger partial charge in [-0.25, -0.2) is 0 Å². The second-order valence-corrected chi connectivity index (χ2v) is 3.68. The summed E-state index contributed by atoms with van der Waals surface area (Å²) in [6.45, 7) is 6.68. The van der Waals surface area contributed by atoms with Crippen LogP contribution in [0.1, 0.15) is 26.7 Å². The standard InChI is InChI=1S/C11H22N2O2/c1-4-13-11(2,10-12)6-5-7-15-9-8-14-3/h13H,4-9H2,1-3H3. The molecule has 88 valence electrons. The Hall–Kier alpha value is -0.630. The van der Waals surface area contributed by atoms with Crippen LogP contribution in [-0.2, 0) is 9.47 Å². The molecule has 15 heavy (non-hydrogen) atoms. The van der Waals surface area contributed by atoms with Gasteiger partial charge in [-0.3, -0.25) is 5.32 Å². The van der Waals surface area contributed by atoms with Crippen molar-refractivity contribution in [2.45, 2.75) is 32.2 Å². The van der Waals surface area contributed by atoms with Crippen molar-refractivity contribution < 1.29 is 9.47 Å². The molecule has 0 aromatic carbocycles. The van der Waals surface area contributed by atoms with E-state index in [4.69, 9.17) is 14.7 Å². The molecule has 0 heterocycles. The average molecular weight is 214 g/mol. The molecule has 1 unspecified atom stereocenters. The van der Waals surface area contributed by atoms with Gasteiger partial charge < -0.3 is 9.47 Å². The highest BCUT2D eigenvalue weighted by atomic mass is 16.5. The molecule has 0 bridgehead atoms. The molecule has 0 aromatic heterocycles. The third-order valence-corrected chi connectivity index (χ3v) is 2.21. The van der Waals surface area contributed by atoms with Gasteiger partial charge in [-0.2, -0.15) is 5.26 Å². The molecule has 0 radical (unpaired) electrons. The number of rotatable bonds is 9. The van der Waals surface area contributed by atoms with E-state index in [0.29, 0.717) is 19.8 Å². The second-order valence-electron chi connectivity index (χ2n) is 3.68. The van der Waals surface area contributed by atoms with Crippen molar-refractivity contribution in [1.82, 2.24) is 5.32 Å². The molecular formula is C11H22N2O2. The van der Waals surface area contributed by atoms with Crippen molar-refractivity contribution in [3.8, 4) is 6.07 Å². The van der Waals surface area contributed by atoms with Gasteiger partial charge in [-0.05, 0) is 26.3 Å². The average Bonchev–Trinajstić information content (AvgIpc) is 2.24. The van der Waals surface area contributed by atoms with Gasteiger partial charge in [0.15, 0.2) is 0 Å². The maximum absolute atomic E-state index is 8.98. The Kier molecular flexibility index (Phi) is 8.30. The first kappa shape index (κ1) is 14.4. The van der Waals surface area contributed by atoms with Crippen LogP contribution >= 0.6 is 0 Å². The Balaban J connectivity index is 3.51. The maximum atomic E-state index is 8.98. The number of nitrogens with one attached hydrogen (secondary N) is 1. The maximum Gasteiger partial charge on any atom is 0.104 e. The fraction of sp³-hybridized carbons (Fsp3) is 0.909. The smallest absolute Gasteiger partial charge is 0.104 e. The zero-order chi connectivity index (χ0) is 11.6. The Morgan fingerprint density at radius 1 is 1.33 bits per heavy atom. The lowest BCUT2D eigenvalue weighted by molar-refractivity contribution is 0.0670. The summed E-state index contributed by atoms with van der Waals surface area (Å²) in [7, 11) is 1.65. The number of ether oxygens (including phenoxy) is 2. The summed E-state index contributed by atoms with van der Waals surface area (Å²) in [6.07, 6.45) is 1.70. The first-order chi connectivity index (χ1) is 7.18. The van der Waals surface area contributed by atoms with Crippen LogP contribution < -0.4 is 5.32 Å². The van der Waals surface area contributed by atoms with E-state index in [1.807, 2.05) is 13.8 Å². The summed E-state index contributed by atoms with van der Waals surface area (Å²) in [4.78, 5) is 0. The van der Waals surface area contributed by atoms with E-state index in [-0.39, 0.29) is 0 Å². The van der Waals surface area contributed by atoms with Crippen LogP contribution in [0.4, 0.5) is 0 Å². The summed E-state index contributed by atoms with van der Waals surface area (Å²) in [5.41, 5.74) is -0.417. The second kappa shape index (κ2) is 8.66. The molecule has 1 atom stereocenters. The van der Waals surface area contributed by atoms with E-state index in [0.717, 1.165) is 19.4 Å². The molecule has 0 aliphatic carbocycles. The van der Waals surface area contributed by atoms with Gasteiger partial charge in [-0.15, -0.1) is 0 Å². The lowest BCUT2D eigenvalue weighted by Crippen LogP contribution is -2.40. The molecule has 0 amide bonds. The van der Waals surface area contributed by atoms with Gasteiger partial charge in [0.25, 0.3) is 0 Å². The molecule has 0 fully saturated rings. The van der Waals surface area contributed by atoms with Crippen LogP contribution in [0.15, 0.2) is 0 Å². The van der Waals surface area contributed by atoms with Gasteiger partial charge in [0.05, 0.1) is 19.3 Å². The van der Waals surface area contributed by atoms with Crippen molar-refractivity contribution in [3.05, 3.63) is 0 Å². The van der Waals surface area contributed by atoms with E-state index in [9.17, 15) is 0 Å². The molecule has 4 nitrogen and oxygen atoms in total. The molecule has 0 rings (SSSR count). The van der Waals surface area contributed by atoms with E-state index in [2.05, 4.69) is 11.4 Å². The fourth-order valence-corrected chi connectivity index (χ4v) is 1.35. The molecule has 0 saturated carbocycles. The summed E-state index contributed by atoms with van der Waals surface area (Å²) in [6, 6.07) is 2.29. The van der Waals surface area contributed by atoms with Gasteiger partial charge in [-0.1, -0.05) is 6.92 Å². The normalized spacial score (nSPS) is 14.5. The van der Waals surface area contributed by atoms with E-state index < -0.39 is 5.54 Å². The topological polar surface area (TPSA) is 54.3 Å². The summed E-state index contributed by atoms with van der Waals surface area (Å²) in [5.74, 6) is 0. The molecule has 1 N–H and O–H groups in total. The minimum atomic E-state index is -0.417. The van der Waals surface area contributed by atoms with E-state index >= 15 is 0 Å². The molecule has 0 aliphatic rings. The van der Waals surface area contributed by atoms with Gasteiger partial charge in [0.2, 0.25) is 0 Å². The summed E-state index contributed by atoms with van der Waals surface area (Å²) >= 11 is 0. The quantitative estimate of drug-likeness (QED) is 0.588. The first-order valence-corrected chi connectivity index (χ1v) is 5.41. The van der Waals surface area contributed by atoms with Crippen LogP contribution in [0.3, 0.4) is 0 Å². The lowest BCUT2D eigenvalue weighted by Gasteiger charge is -2.22. The number of nitrogens with zero attached hydrogens (tertiary/aromatic N) is 1. The SMILES string of the molecule is CCNC(C)(C#N)CCCOCCOC. The Labute approximate surface area is 92.6 Å². The van der Waals surface area contributed by atoms with Crippen LogP contribution in [0, 0.1) is 11.3 Å². The Morgan fingerprint density at radius 3 is 2.60 bits per heavy atom. The lowest BCUT2D eigenvalue weighted by atomic mass is 9.98. The van der Waals surface area contributed by atoms with Crippen LogP contribution in [0.25, 0.3) is 0 Å². The van der Waals surface area contributed by atoms with Crippen molar-refractivity contribution in [1.29, 1.82) is 5.26 Å². The number of hydrogen-bond acceptors (Lipinski definition) is 4. The van der Waals surface area contributed by atoms with Crippen LogP contribution in [-0.4, -0.2) is 39.0 Å². The van der Waals surface area contributed by atoms with Gasteiger partial charge in [0.1, 0.15) is 5.54 Å². The Morgan fingerprint density at radius 2 is 2.07 bits per heavy atom. The first-order valence-electron chi connectivity index (χ1n) is 5.41. The molecule has 0 saturated heterocycles. The highest BCUT2D eigenvalue weighted by Crippen LogP contribution is 2.10. The van der Waals surface area contributed by atoms with Crippen LogP contribution in [0.2, 0.25) is 0 Å². The van der Waals surface area contributed by atoms with Gasteiger partial charge in [0, 0.05) is 13.7 Å². The number of hydrogen-bond donors (Lipinski definition) is 1. The monoisotopic (exact) mass is 214 g/mol. The Bertz CT molecular complexity index is 192. The predicted octanol–water partition coefficient (Wildman–Crippen LogP) is 1.32. The minimum absolute atomic E-state index is 0.417. The minimum Gasteiger partial charge on any atom is -0.382 e. The van der Waals surface area contributed by atoms with E-state index in [1.165, 1.54) is 0 Å². The van der Waals surface area contributed by atoms with Crippen molar-refractivity contribution >= 4 is 0 Å².